The van der Waals surface area contributed by atoms with E-state index in [0.717, 1.165) is 10.4 Å². The molecule has 3 rings (SSSR count). The van der Waals surface area contributed by atoms with E-state index in [2.05, 4.69) is 27.4 Å². The smallest absolute Gasteiger partial charge is 0.355 e. The molecule has 174 valence electrons. The summed E-state index contributed by atoms with van der Waals surface area (Å²) < 4.78 is 25.8. The Morgan fingerprint density at radius 2 is 1.58 bits per heavy atom. The lowest BCUT2D eigenvalue weighted by atomic mass is 10.2. The van der Waals surface area contributed by atoms with Crippen LogP contribution in [0.3, 0.4) is 0 Å². The largest absolute Gasteiger partial charge is 0.464 e. The van der Waals surface area contributed by atoms with Crippen molar-refractivity contribution < 1.29 is 13.7 Å². The second-order valence-corrected chi connectivity index (χ2v) is 16.2. The van der Waals surface area contributed by atoms with Crippen LogP contribution in [0.25, 0.3) is 6.08 Å². The number of aryl methyl sites for hydroxylation is 1. The van der Waals surface area contributed by atoms with Gasteiger partial charge in [0.15, 0.2) is 8.94 Å². The first-order chi connectivity index (χ1) is 15.5. The molecule has 1 heterocycles. The molecule has 0 spiro atoms. The van der Waals surface area contributed by atoms with E-state index >= 15 is 0 Å². The number of nitrogens with zero attached hydrogens (tertiary/aromatic N) is 2. The average molecular weight is 501 g/mol. The molecule has 0 saturated heterocycles. The fraction of sp³-hybridized carbons (Fsp3) is 0.240. The maximum Gasteiger partial charge on any atom is 0.355 e. The Labute approximate surface area is 201 Å². The summed E-state index contributed by atoms with van der Waals surface area (Å²) in [6.45, 7) is 10.1. The molecule has 33 heavy (non-hydrogen) atoms. The van der Waals surface area contributed by atoms with E-state index < -0.39 is 23.1 Å². The number of benzene rings is 2. The lowest BCUT2D eigenvalue weighted by Crippen LogP contribution is -2.63. The van der Waals surface area contributed by atoms with Gasteiger partial charge in [0.25, 0.3) is 8.24 Å². The average Bonchev–Trinajstić information content (AvgIpc) is 3.14. The topological polar surface area (TPSA) is 60.7 Å². The summed E-state index contributed by atoms with van der Waals surface area (Å²) in [7, 11) is 3.26. The highest BCUT2D eigenvalue weighted by Crippen LogP contribution is 2.40. The Bertz CT molecular complexity index is 1250. The zero-order valence-corrected chi connectivity index (χ0v) is 22.1. The number of hydrogen-bond acceptors (Lipinski definition) is 4. The number of halogens is 1. The number of rotatable bonds is 6. The summed E-state index contributed by atoms with van der Waals surface area (Å²) >= 11 is 0. The zero-order valence-electron chi connectivity index (χ0n) is 19.5. The van der Waals surface area contributed by atoms with Gasteiger partial charge in [0, 0.05) is 29.5 Å². The molecule has 0 bridgehead atoms. The highest BCUT2D eigenvalue weighted by atomic mass is 35.7. The number of carbonyl (C=O) groups is 1. The van der Waals surface area contributed by atoms with Crippen LogP contribution in [0.1, 0.15) is 36.8 Å². The van der Waals surface area contributed by atoms with Gasteiger partial charge < -0.3 is 9.30 Å². The molecule has 8 heteroatoms. The fourth-order valence-corrected chi connectivity index (χ4v) is 13.4. The standard InChI is InChI=1S/C25H29ClN2O3SSi/c1-7-21-22(18-28(5)23(21)24(29)31-6)32(26,30)27-33(25(2,3)4,19-14-10-8-11-15-19)20-16-12-9-13-17-20/h7-18H,1H2,2-6H3. The maximum absolute atomic E-state index is 14.3. The van der Waals surface area contributed by atoms with Gasteiger partial charge in [0.05, 0.1) is 12.0 Å². The van der Waals surface area contributed by atoms with Gasteiger partial charge in [-0.3, -0.25) is 0 Å². The Morgan fingerprint density at radius 1 is 1.09 bits per heavy atom. The first kappa shape index (κ1) is 25.0. The monoisotopic (exact) mass is 500 g/mol. The lowest BCUT2D eigenvalue weighted by Gasteiger charge is -2.40. The normalized spacial score (nSPS) is 13.8. The van der Waals surface area contributed by atoms with Crippen LogP contribution in [0.15, 0.2) is 82.4 Å². The molecule has 1 aromatic heterocycles. The zero-order chi connectivity index (χ0) is 24.4. The Hall–Kier alpha value is -2.61. The van der Waals surface area contributed by atoms with Gasteiger partial charge in [-0.05, 0) is 15.4 Å². The van der Waals surface area contributed by atoms with Crippen molar-refractivity contribution in [3.63, 3.8) is 0 Å². The number of hydrogen-bond donors (Lipinski definition) is 0. The number of aromatic nitrogens is 1. The minimum Gasteiger partial charge on any atom is -0.464 e. The van der Waals surface area contributed by atoms with Gasteiger partial charge in [0.2, 0.25) is 0 Å². The Morgan fingerprint density at radius 3 is 1.97 bits per heavy atom. The fourth-order valence-electron chi connectivity index (χ4n) is 4.22. The lowest BCUT2D eigenvalue weighted by molar-refractivity contribution is 0.0589. The summed E-state index contributed by atoms with van der Waals surface area (Å²) in [4.78, 5) is 12.7. The minimum atomic E-state index is -3.47. The molecule has 1 unspecified atom stereocenters. The van der Waals surface area contributed by atoms with Crippen LogP contribution in [-0.2, 0) is 20.7 Å². The summed E-state index contributed by atoms with van der Waals surface area (Å²) in [5.41, 5.74) is 0.597. The van der Waals surface area contributed by atoms with Crippen molar-refractivity contribution >= 4 is 50.3 Å². The third-order valence-corrected chi connectivity index (χ3v) is 14.3. The van der Waals surface area contributed by atoms with Crippen LogP contribution in [0.5, 0.6) is 0 Å². The van der Waals surface area contributed by atoms with Gasteiger partial charge in [-0.25, -0.2) is 13.0 Å². The molecule has 0 saturated carbocycles. The number of methoxy groups -OCH3 is 1. The molecule has 0 N–H and O–H groups in total. The van der Waals surface area contributed by atoms with E-state index in [1.165, 1.54) is 13.2 Å². The van der Waals surface area contributed by atoms with E-state index in [0.29, 0.717) is 5.56 Å². The van der Waals surface area contributed by atoms with Crippen molar-refractivity contribution in [1.82, 2.24) is 4.57 Å². The van der Waals surface area contributed by atoms with E-state index in [1.54, 1.807) is 17.8 Å². The van der Waals surface area contributed by atoms with E-state index in [4.69, 9.17) is 19.4 Å². The van der Waals surface area contributed by atoms with Crippen molar-refractivity contribution in [1.29, 1.82) is 0 Å². The van der Waals surface area contributed by atoms with Crippen LogP contribution < -0.4 is 10.4 Å². The second-order valence-electron chi connectivity index (χ2n) is 8.80. The van der Waals surface area contributed by atoms with Crippen molar-refractivity contribution in [2.75, 3.05) is 7.11 Å². The third-order valence-electron chi connectivity index (χ3n) is 5.76. The van der Waals surface area contributed by atoms with Crippen molar-refractivity contribution in [2.45, 2.75) is 30.7 Å². The molecule has 1 atom stereocenters. The molecule has 0 aliphatic heterocycles. The van der Waals surface area contributed by atoms with Crippen molar-refractivity contribution in [2.24, 2.45) is 11.1 Å². The Balaban J connectivity index is 2.46. The van der Waals surface area contributed by atoms with Gasteiger partial charge in [-0.2, -0.15) is 0 Å². The number of ether oxygens (including phenoxy) is 1. The van der Waals surface area contributed by atoms with Gasteiger partial charge >= 0.3 is 5.97 Å². The molecular weight excluding hydrogens is 472 g/mol. The molecule has 0 aliphatic rings. The van der Waals surface area contributed by atoms with E-state index in [1.807, 2.05) is 60.7 Å². The second kappa shape index (κ2) is 9.33. The molecule has 2 aromatic carbocycles. The van der Waals surface area contributed by atoms with Gasteiger partial charge in [0.1, 0.15) is 5.69 Å². The minimum absolute atomic E-state index is 0.230. The van der Waals surface area contributed by atoms with Crippen LogP contribution in [-0.4, -0.2) is 30.1 Å². The van der Waals surface area contributed by atoms with Crippen LogP contribution in [0.2, 0.25) is 5.04 Å². The quantitative estimate of drug-likeness (QED) is 0.272. The summed E-state index contributed by atoms with van der Waals surface area (Å²) in [6, 6.07) is 19.9. The predicted octanol–water partition coefficient (Wildman–Crippen LogP) is 5.00. The number of carbonyl (C=O) groups excluding carboxylic acids is 1. The molecule has 0 fully saturated rings. The highest BCUT2D eigenvalue weighted by Gasteiger charge is 2.50. The highest BCUT2D eigenvalue weighted by molar-refractivity contribution is 8.16. The molecule has 0 amide bonds. The molecular formula is C25H29ClN2O3SSi. The summed E-state index contributed by atoms with van der Waals surface area (Å²) in [6.07, 6.45) is 3.06. The van der Waals surface area contributed by atoms with E-state index in [9.17, 15) is 9.00 Å². The third kappa shape index (κ3) is 4.45. The van der Waals surface area contributed by atoms with Crippen molar-refractivity contribution in [3.05, 3.63) is 84.7 Å². The van der Waals surface area contributed by atoms with Gasteiger partial charge in [-0.15, -0.1) is 0 Å². The molecule has 5 nitrogen and oxygen atoms in total. The molecule has 0 radical (unpaired) electrons. The Kier molecular flexibility index (Phi) is 7.07. The van der Waals surface area contributed by atoms with Crippen molar-refractivity contribution in [3.8, 4) is 0 Å². The van der Waals surface area contributed by atoms with Gasteiger partial charge in [-0.1, -0.05) is 94.1 Å². The van der Waals surface area contributed by atoms with Crippen LogP contribution in [0, 0.1) is 0 Å². The maximum atomic E-state index is 14.3. The van der Waals surface area contributed by atoms with Crippen LogP contribution in [0.4, 0.5) is 0 Å². The summed E-state index contributed by atoms with van der Waals surface area (Å²) in [5.74, 6) is -0.559. The van der Waals surface area contributed by atoms with Crippen LogP contribution >= 0.6 is 10.7 Å². The molecule has 0 aliphatic carbocycles. The molecule has 3 aromatic rings. The first-order valence-electron chi connectivity index (χ1n) is 10.5. The number of esters is 1. The van der Waals surface area contributed by atoms with E-state index in [-0.39, 0.29) is 15.6 Å². The first-order valence-corrected chi connectivity index (χ1v) is 14.8. The predicted molar refractivity (Wildman–Crippen MR) is 139 cm³/mol. The SMILES string of the molecule is C=Cc1c(S(=O)(Cl)=N[Si](c2ccccc2)(c2ccccc2)C(C)(C)C)cn(C)c1C(=O)OC. The summed E-state index contributed by atoms with van der Waals surface area (Å²) in [5, 5.41) is 1.63.